The SMILES string of the molecule is Nc1ncnc2c1ncn2C1CC2COP(=O)(S)O[C@@H]3C[C@H](n4cnc5c(N)ncnc54)OC3COP(=O)(S)OC2C1F. The number of nitrogens with two attached hydrogens (primary N) is 2. The molecule has 7 rings (SSSR count). The Balaban J connectivity index is 1.15. The second kappa shape index (κ2) is 10.9. The van der Waals surface area contributed by atoms with Crippen LogP contribution in [0.5, 0.6) is 0 Å². The number of ether oxygens (including phenoxy) is 1. The fourth-order valence-electron chi connectivity index (χ4n) is 5.70. The molecule has 6 heterocycles. The lowest BCUT2D eigenvalue weighted by molar-refractivity contribution is -0.0422. The summed E-state index contributed by atoms with van der Waals surface area (Å²) in [5.41, 5.74) is 13.2. The fourth-order valence-corrected chi connectivity index (χ4v) is 8.78. The van der Waals surface area contributed by atoms with E-state index in [-0.39, 0.29) is 37.7 Å². The average Bonchev–Trinajstić information content (AvgIpc) is 3.72. The second-order valence-corrected chi connectivity index (χ2v) is 16.0. The Kier molecular flexibility index (Phi) is 7.42. The number of halogens is 1. The predicted octanol–water partition coefficient (Wildman–Crippen LogP) is 2.91. The van der Waals surface area contributed by atoms with E-state index in [1.54, 1.807) is 4.57 Å². The van der Waals surface area contributed by atoms with Crippen molar-refractivity contribution in [3.63, 3.8) is 0 Å². The molecule has 2 aliphatic heterocycles. The van der Waals surface area contributed by atoms with Crippen LogP contribution < -0.4 is 11.5 Å². The van der Waals surface area contributed by atoms with Gasteiger partial charge in [-0.2, -0.15) is 0 Å². The van der Waals surface area contributed by atoms with Gasteiger partial charge in [-0.25, -0.2) is 43.4 Å². The zero-order valence-corrected chi connectivity index (χ0v) is 25.5. The number of imidazole rings is 2. The molecule has 0 amide bonds. The maximum atomic E-state index is 16.1. The summed E-state index contributed by atoms with van der Waals surface area (Å²) >= 11 is 8.29. The smallest absolute Gasteiger partial charge is 0.382 e. The first-order valence-corrected chi connectivity index (χ1v) is 18.4. The number of rotatable bonds is 2. The van der Waals surface area contributed by atoms with Crippen LogP contribution in [0.25, 0.3) is 22.3 Å². The van der Waals surface area contributed by atoms with Crippen LogP contribution in [-0.4, -0.2) is 76.7 Å². The van der Waals surface area contributed by atoms with Crippen LogP contribution in [0.2, 0.25) is 0 Å². The molecule has 0 aromatic carbocycles. The van der Waals surface area contributed by atoms with Gasteiger partial charge in [0.2, 0.25) is 0 Å². The Hall–Kier alpha value is -2.41. The van der Waals surface area contributed by atoms with Crippen molar-refractivity contribution in [3.05, 3.63) is 25.3 Å². The zero-order valence-electron chi connectivity index (χ0n) is 21.9. The van der Waals surface area contributed by atoms with E-state index >= 15 is 4.39 Å². The third-order valence-electron chi connectivity index (χ3n) is 7.69. The Bertz CT molecular complexity index is 1800. The van der Waals surface area contributed by atoms with E-state index in [0.29, 0.717) is 22.3 Å². The third kappa shape index (κ3) is 5.42. The molecule has 1 saturated carbocycles. The average molecular weight is 675 g/mol. The van der Waals surface area contributed by atoms with Gasteiger partial charge in [0.25, 0.3) is 0 Å². The van der Waals surface area contributed by atoms with Crippen molar-refractivity contribution < 1.29 is 36.4 Å². The van der Waals surface area contributed by atoms with Crippen molar-refractivity contribution in [3.8, 4) is 0 Å². The summed E-state index contributed by atoms with van der Waals surface area (Å²) < 4.78 is 74.8. The van der Waals surface area contributed by atoms with Crippen LogP contribution >= 0.6 is 38.1 Å². The quantitative estimate of drug-likeness (QED) is 0.177. The van der Waals surface area contributed by atoms with Gasteiger partial charge in [-0.1, -0.05) is 24.5 Å². The van der Waals surface area contributed by atoms with Gasteiger partial charge in [0.15, 0.2) is 22.9 Å². The molecule has 3 fully saturated rings. The predicted molar refractivity (Wildman–Crippen MR) is 155 cm³/mol. The number of alkyl halides is 1. The molecule has 1 aliphatic carbocycles. The number of hydrogen-bond acceptors (Lipinski definition) is 15. The van der Waals surface area contributed by atoms with E-state index in [2.05, 4.69) is 54.4 Å². The van der Waals surface area contributed by atoms with Crippen LogP contribution in [0.1, 0.15) is 25.1 Å². The number of thiol groups is 2. The molecule has 2 saturated heterocycles. The largest absolute Gasteiger partial charge is 0.386 e. The van der Waals surface area contributed by atoms with Gasteiger partial charge >= 0.3 is 13.6 Å². The number of anilines is 2. The molecule has 7 unspecified atom stereocenters. The summed E-state index contributed by atoms with van der Waals surface area (Å²) in [4.78, 5) is 24.7. The molecule has 3 aliphatic rings. The summed E-state index contributed by atoms with van der Waals surface area (Å²) in [5.74, 6) is -0.430. The molecule has 0 spiro atoms. The lowest BCUT2D eigenvalue weighted by Crippen LogP contribution is -2.32. The number of nitrogen functional groups attached to an aromatic ring is 2. The van der Waals surface area contributed by atoms with Gasteiger partial charge in [0.05, 0.1) is 31.9 Å². The van der Waals surface area contributed by atoms with Gasteiger partial charge in [0, 0.05) is 12.3 Å². The molecule has 43 heavy (non-hydrogen) atoms. The first-order valence-electron chi connectivity index (χ1n) is 13.0. The Morgan fingerprint density at radius 3 is 2.12 bits per heavy atom. The number of fused-ring (bicyclic) bond motifs is 4. The van der Waals surface area contributed by atoms with Crippen LogP contribution in [0.3, 0.4) is 0 Å². The maximum absolute atomic E-state index is 16.1. The van der Waals surface area contributed by atoms with Crippen molar-refractivity contribution in [1.82, 2.24) is 39.0 Å². The topological polar surface area (TPSA) is 220 Å². The molecule has 17 nitrogen and oxygen atoms in total. The maximum Gasteiger partial charge on any atom is 0.386 e. The number of aromatic nitrogens is 8. The lowest BCUT2D eigenvalue weighted by Gasteiger charge is -2.28. The minimum atomic E-state index is -4.16. The highest BCUT2D eigenvalue weighted by atomic mass is 32.7. The minimum absolute atomic E-state index is 0.110. The highest BCUT2D eigenvalue weighted by molar-refractivity contribution is 8.44. The number of hydrogen-bond donors (Lipinski definition) is 4. The van der Waals surface area contributed by atoms with Crippen LogP contribution in [0, 0.1) is 5.92 Å². The first-order chi connectivity index (χ1) is 20.5. The molecule has 4 aromatic rings. The molecule has 4 aromatic heterocycles. The van der Waals surface area contributed by atoms with Gasteiger partial charge in [0.1, 0.15) is 54.4 Å². The molecule has 230 valence electrons. The molecule has 0 bridgehead atoms. The van der Waals surface area contributed by atoms with E-state index in [4.69, 9.17) is 34.3 Å². The van der Waals surface area contributed by atoms with Crippen molar-refractivity contribution >= 4 is 72.1 Å². The monoisotopic (exact) mass is 674 g/mol. The van der Waals surface area contributed by atoms with E-state index < -0.39 is 56.3 Å². The fraction of sp³-hybridized carbons (Fsp3) is 0.524. The van der Waals surface area contributed by atoms with Crippen LogP contribution in [0.4, 0.5) is 16.0 Å². The van der Waals surface area contributed by atoms with Gasteiger partial charge < -0.3 is 25.3 Å². The van der Waals surface area contributed by atoms with Crippen molar-refractivity contribution in [2.24, 2.45) is 5.92 Å². The highest BCUT2D eigenvalue weighted by Gasteiger charge is 2.51. The standard InChI is InChI=1S/C21H25FN10O7P2S2/c22-14-10(31-7-29-15-18(23)25-5-27-20(15)31)1-9-3-35-40(33,42)38-11-2-13(32-8-30-16-19(24)26-6-28-21(16)32)37-12(11)4-36-41(34,43)39-17(9)14/h5-14,17H,1-4H2,(H,33,42)(H,34,43)(H2,23,25,27)(H2,24,26,28)/t9?,10?,11-,12?,13-,14?,17?,40?,41?/m1/s1. The van der Waals surface area contributed by atoms with Crippen LogP contribution in [-0.2, 0) is 32.0 Å². The Morgan fingerprint density at radius 2 is 1.42 bits per heavy atom. The van der Waals surface area contributed by atoms with E-state index in [1.165, 1.54) is 29.9 Å². The van der Waals surface area contributed by atoms with Crippen molar-refractivity contribution in [2.45, 2.75) is 49.6 Å². The molecule has 9 atom stereocenters. The summed E-state index contributed by atoms with van der Waals surface area (Å²) in [6.07, 6.45) is 0.0657. The van der Waals surface area contributed by atoms with Gasteiger partial charge in [-0.05, 0) is 6.42 Å². The number of nitrogens with zero attached hydrogens (tertiary/aromatic N) is 8. The minimum Gasteiger partial charge on any atom is -0.382 e. The molecule has 0 radical (unpaired) electrons. The summed E-state index contributed by atoms with van der Waals surface area (Å²) in [6, 6.07) is -0.872. The highest BCUT2D eigenvalue weighted by Crippen LogP contribution is 2.61. The lowest BCUT2D eigenvalue weighted by atomic mass is 10.1. The normalized spacial score (nSPS) is 37.1. The molecular formula is C21H25FN10O7P2S2. The second-order valence-electron chi connectivity index (χ2n) is 10.3. The van der Waals surface area contributed by atoms with Gasteiger partial charge in [-0.15, -0.1) is 0 Å². The first kappa shape index (κ1) is 29.3. The molecule has 4 N–H and O–H groups in total. The third-order valence-corrected chi connectivity index (χ3v) is 10.9. The summed E-state index contributed by atoms with van der Waals surface area (Å²) in [6.45, 7) is -8.86. The Morgan fingerprint density at radius 1 is 0.814 bits per heavy atom. The summed E-state index contributed by atoms with van der Waals surface area (Å²) in [5, 5.41) is 0. The van der Waals surface area contributed by atoms with E-state index in [0.717, 1.165) is 0 Å². The summed E-state index contributed by atoms with van der Waals surface area (Å²) in [7, 11) is 0. The Labute approximate surface area is 252 Å². The van der Waals surface area contributed by atoms with E-state index in [9.17, 15) is 9.13 Å². The zero-order chi connectivity index (χ0) is 30.1. The van der Waals surface area contributed by atoms with E-state index in [1.807, 2.05) is 0 Å². The van der Waals surface area contributed by atoms with Crippen molar-refractivity contribution in [1.29, 1.82) is 0 Å². The van der Waals surface area contributed by atoms with Gasteiger partial charge in [-0.3, -0.25) is 18.1 Å². The van der Waals surface area contributed by atoms with Crippen molar-refractivity contribution in [2.75, 3.05) is 24.7 Å². The van der Waals surface area contributed by atoms with Crippen LogP contribution in [0.15, 0.2) is 25.3 Å². The molecule has 22 heteroatoms. The molecular weight excluding hydrogens is 649 g/mol.